The van der Waals surface area contributed by atoms with Gasteiger partial charge in [-0.15, -0.1) is 0 Å². The quantitative estimate of drug-likeness (QED) is 0.200. The number of hydrogen-bond acceptors (Lipinski definition) is 9. The van der Waals surface area contributed by atoms with Gasteiger partial charge in [-0.1, -0.05) is 56.5 Å². The Morgan fingerprint density at radius 2 is 1.82 bits per heavy atom. The van der Waals surface area contributed by atoms with Gasteiger partial charge in [-0.3, -0.25) is 19.2 Å². The van der Waals surface area contributed by atoms with Crippen LogP contribution in [0.1, 0.15) is 64.0 Å². The summed E-state index contributed by atoms with van der Waals surface area (Å²) in [6.45, 7) is 6.65. The molecular weight excluding hydrogens is 506 g/mol. The van der Waals surface area contributed by atoms with E-state index in [1.54, 1.807) is 18.2 Å². The van der Waals surface area contributed by atoms with Crippen molar-refractivity contribution >= 4 is 35.1 Å². The van der Waals surface area contributed by atoms with Crippen LogP contribution in [0.15, 0.2) is 30.3 Å². The van der Waals surface area contributed by atoms with Crippen LogP contribution < -0.4 is 0 Å². The van der Waals surface area contributed by atoms with E-state index < -0.39 is 42.0 Å². The first-order valence-electron chi connectivity index (χ1n) is 13.2. The van der Waals surface area contributed by atoms with Gasteiger partial charge < -0.3 is 19.3 Å². The second-order valence-corrected chi connectivity index (χ2v) is 9.92. The lowest BCUT2D eigenvalue weighted by atomic mass is 9.93. The number of methoxy groups -OCH3 is 1. The van der Waals surface area contributed by atoms with Gasteiger partial charge in [-0.2, -0.15) is 0 Å². The van der Waals surface area contributed by atoms with E-state index in [0.29, 0.717) is 18.4 Å². The van der Waals surface area contributed by atoms with E-state index in [9.17, 15) is 24.0 Å². The van der Waals surface area contributed by atoms with Gasteiger partial charge in [0.25, 0.3) is 5.91 Å². The van der Waals surface area contributed by atoms with Crippen molar-refractivity contribution in [3.63, 3.8) is 0 Å². The first-order valence-corrected chi connectivity index (χ1v) is 13.2. The molecule has 1 fully saturated rings. The van der Waals surface area contributed by atoms with E-state index >= 15 is 0 Å². The monoisotopic (exact) mass is 545 g/mol. The molecule has 0 unspecified atom stereocenters. The van der Waals surface area contributed by atoms with Crippen LogP contribution in [0.2, 0.25) is 0 Å². The van der Waals surface area contributed by atoms with Crippen molar-refractivity contribution in [2.75, 3.05) is 20.3 Å². The number of benzene rings is 1. The number of carbonyl (C=O) groups excluding carboxylic acids is 5. The number of aryl methyl sites for hydroxylation is 1. The van der Waals surface area contributed by atoms with Gasteiger partial charge in [0, 0.05) is 32.6 Å². The summed E-state index contributed by atoms with van der Waals surface area (Å²) in [6, 6.07) is 6.48. The number of cyclic esters (lactones) is 1. The fraction of sp³-hybridized carbons (Fsp3) is 0.552. The van der Waals surface area contributed by atoms with Crippen LogP contribution in [-0.2, 0) is 33.4 Å². The molecule has 0 spiro atoms. The number of esters is 1. The molecule has 1 aliphatic heterocycles. The standard InChI is InChI=1S/C29H39NO9/c1-18(2)23-17-38-29(36)30(23)28(35)27(37-5)26(39-20(4)32)25(34)16-22(21-12-10-11-19(3)15-21)24(33)13-8-6-7-9-14-31/h10-12,15-16,18,23,26-27,31H,6-9,13-14,17H2,1-5H3/t23-,26-,27+/m1/s1. The van der Waals surface area contributed by atoms with Gasteiger partial charge in [-0.05, 0) is 37.3 Å². The van der Waals surface area contributed by atoms with Gasteiger partial charge in [0.15, 0.2) is 23.8 Å². The van der Waals surface area contributed by atoms with Crippen molar-refractivity contribution in [2.24, 2.45) is 5.92 Å². The fourth-order valence-electron chi connectivity index (χ4n) is 4.37. The Labute approximate surface area is 229 Å². The number of aliphatic hydroxyl groups excluding tert-OH is 1. The molecule has 214 valence electrons. The van der Waals surface area contributed by atoms with Crippen molar-refractivity contribution in [1.29, 1.82) is 0 Å². The van der Waals surface area contributed by atoms with Crippen molar-refractivity contribution in [3.8, 4) is 0 Å². The lowest BCUT2D eigenvalue weighted by molar-refractivity contribution is -0.166. The summed E-state index contributed by atoms with van der Waals surface area (Å²) in [5.74, 6) is -2.97. The van der Waals surface area contributed by atoms with Crippen molar-refractivity contribution in [3.05, 3.63) is 41.5 Å². The molecule has 2 amide bonds. The third-order valence-electron chi connectivity index (χ3n) is 6.49. The molecule has 1 aliphatic rings. The summed E-state index contributed by atoms with van der Waals surface area (Å²) in [5.41, 5.74) is 1.50. The van der Waals surface area contributed by atoms with Crippen LogP contribution in [0.4, 0.5) is 4.79 Å². The number of rotatable bonds is 15. The molecule has 1 N–H and O–H groups in total. The molecule has 1 aromatic rings. The van der Waals surface area contributed by atoms with Gasteiger partial charge in [0.05, 0.1) is 6.04 Å². The molecule has 0 radical (unpaired) electrons. The topological polar surface area (TPSA) is 137 Å². The van der Waals surface area contributed by atoms with Gasteiger partial charge >= 0.3 is 12.1 Å². The third kappa shape index (κ3) is 8.83. The van der Waals surface area contributed by atoms with E-state index in [1.165, 1.54) is 7.11 Å². The highest BCUT2D eigenvalue weighted by atomic mass is 16.6. The fourth-order valence-corrected chi connectivity index (χ4v) is 4.37. The van der Waals surface area contributed by atoms with E-state index in [0.717, 1.165) is 36.3 Å². The maximum Gasteiger partial charge on any atom is 0.417 e. The summed E-state index contributed by atoms with van der Waals surface area (Å²) in [6.07, 6.45) is -0.283. The lowest BCUT2D eigenvalue weighted by Crippen LogP contribution is -2.53. The number of ketones is 2. The molecular formula is C29H39NO9. The number of unbranched alkanes of at least 4 members (excludes halogenated alkanes) is 3. The highest BCUT2D eigenvalue weighted by Crippen LogP contribution is 2.25. The molecule has 1 heterocycles. The Balaban J connectivity index is 2.44. The average molecular weight is 546 g/mol. The van der Waals surface area contributed by atoms with Crippen LogP contribution in [-0.4, -0.2) is 78.1 Å². The SMILES string of the molecule is CO[C@H](C(=O)N1C(=O)OC[C@@H]1C(C)C)[C@H](OC(C)=O)C(=O)C=C(C(=O)CCCCCCO)c1cccc(C)c1. The molecule has 0 saturated carbocycles. The van der Waals surface area contributed by atoms with Gasteiger partial charge in [-0.25, -0.2) is 9.69 Å². The molecule has 0 aliphatic carbocycles. The van der Waals surface area contributed by atoms with E-state index in [-0.39, 0.29) is 36.9 Å². The Morgan fingerprint density at radius 1 is 1.13 bits per heavy atom. The van der Waals surface area contributed by atoms with E-state index in [4.69, 9.17) is 19.3 Å². The zero-order valence-electron chi connectivity index (χ0n) is 23.3. The first-order chi connectivity index (χ1) is 18.5. The number of imide groups is 1. The highest BCUT2D eigenvalue weighted by Gasteiger charge is 2.46. The van der Waals surface area contributed by atoms with Gasteiger partial charge in [0.1, 0.15) is 6.61 Å². The Morgan fingerprint density at radius 3 is 2.41 bits per heavy atom. The average Bonchev–Trinajstić information content (AvgIpc) is 3.28. The summed E-state index contributed by atoms with van der Waals surface area (Å²) in [5, 5.41) is 8.97. The molecule has 10 heteroatoms. The summed E-state index contributed by atoms with van der Waals surface area (Å²) in [7, 11) is 1.17. The van der Waals surface area contributed by atoms with Crippen LogP contribution in [0, 0.1) is 12.8 Å². The minimum atomic E-state index is -1.74. The number of nitrogens with zero attached hydrogens (tertiary/aromatic N) is 1. The zero-order valence-corrected chi connectivity index (χ0v) is 23.3. The van der Waals surface area contributed by atoms with Crippen molar-refractivity contribution in [1.82, 2.24) is 4.90 Å². The van der Waals surface area contributed by atoms with E-state index in [1.807, 2.05) is 26.8 Å². The predicted octanol–water partition coefficient (Wildman–Crippen LogP) is 3.41. The smallest absolute Gasteiger partial charge is 0.417 e. The minimum Gasteiger partial charge on any atom is -0.451 e. The minimum absolute atomic E-state index is 0.00489. The largest absolute Gasteiger partial charge is 0.451 e. The van der Waals surface area contributed by atoms with Crippen LogP contribution in [0.25, 0.3) is 5.57 Å². The second kappa shape index (κ2) is 15.3. The number of hydrogen-bond donors (Lipinski definition) is 1. The maximum absolute atomic E-state index is 13.6. The van der Waals surface area contributed by atoms with Crippen LogP contribution >= 0.6 is 0 Å². The van der Waals surface area contributed by atoms with Gasteiger partial charge in [0.2, 0.25) is 0 Å². The number of aliphatic hydroxyl groups is 1. The summed E-state index contributed by atoms with van der Waals surface area (Å²) >= 11 is 0. The molecule has 0 aromatic heterocycles. The highest BCUT2D eigenvalue weighted by molar-refractivity contribution is 6.25. The molecule has 1 aromatic carbocycles. The normalized spacial score (nSPS) is 17.1. The number of allylic oxidation sites excluding steroid dienone is 1. The number of ether oxygens (including phenoxy) is 3. The maximum atomic E-state index is 13.6. The Bertz CT molecular complexity index is 1080. The summed E-state index contributed by atoms with van der Waals surface area (Å²) < 4.78 is 15.6. The summed E-state index contributed by atoms with van der Waals surface area (Å²) in [4.78, 5) is 65.5. The molecule has 10 nitrogen and oxygen atoms in total. The van der Waals surface area contributed by atoms with E-state index in [2.05, 4.69) is 0 Å². The van der Waals surface area contributed by atoms with Crippen molar-refractivity contribution in [2.45, 2.75) is 78.0 Å². The molecule has 0 bridgehead atoms. The molecule has 3 atom stereocenters. The third-order valence-corrected chi connectivity index (χ3v) is 6.49. The number of carbonyl (C=O) groups is 5. The predicted molar refractivity (Wildman–Crippen MR) is 143 cm³/mol. The first kappa shape index (κ1) is 31.8. The van der Waals surface area contributed by atoms with Crippen molar-refractivity contribution < 1.29 is 43.3 Å². The molecule has 39 heavy (non-hydrogen) atoms. The Kier molecular flexibility index (Phi) is 12.5. The lowest BCUT2D eigenvalue weighted by Gasteiger charge is -2.29. The Hall–Kier alpha value is -3.37. The van der Waals surface area contributed by atoms with Crippen LogP contribution in [0.3, 0.4) is 0 Å². The second-order valence-electron chi connectivity index (χ2n) is 9.92. The zero-order chi connectivity index (χ0) is 29.1. The molecule has 1 saturated heterocycles. The number of amides is 2. The molecule has 2 rings (SSSR count). The van der Waals surface area contributed by atoms with Crippen LogP contribution in [0.5, 0.6) is 0 Å². The number of Topliss-reactive ketones (excluding diaryl/α,β-unsaturated/α-hetero) is 1.